The summed E-state index contributed by atoms with van der Waals surface area (Å²) in [4.78, 5) is 24.2. The molecule has 2 aromatic carbocycles. The summed E-state index contributed by atoms with van der Waals surface area (Å²) < 4.78 is 17.1. The Kier molecular flexibility index (Phi) is 7.92. The Bertz CT molecular complexity index is 1060. The lowest BCUT2D eigenvalue weighted by Gasteiger charge is -2.16. The molecule has 170 valence electrons. The number of nitrogens with two attached hydrogens (primary N) is 1. The summed E-state index contributed by atoms with van der Waals surface area (Å²) in [5.74, 6) is 0.732. The Labute approximate surface area is 199 Å². The molecule has 0 spiro atoms. The van der Waals surface area contributed by atoms with E-state index < -0.39 is 5.91 Å². The van der Waals surface area contributed by atoms with E-state index in [1.165, 1.54) is 11.8 Å². The number of amides is 2. The van der Waals surface area contributed by atoms with Crippen LogP contribution in [0.4, 0.5) is 5.69 Å². The number of aryl methyl sites for hydroxylation is 1. The molecule has 10 heteroatoms. The molecule has 1 aliphatic rings. The van der Waals surface area contributed by atoms with Gasteiger partial charge in [0.25, 0.3) is 11.8 Å². The van der Waals surface area contributed by atoms with Crippen molar-refractivity contribution in [3.8, 4) is 17.2 Å². The van der Waals surface area contributed by atoms with Crippen molar-refractivity contribution in [3.63, 3.8) is 0 Å². The molecule has 1 fully saturated rings. The molecule has 0 aromatic heterocycles. The Balaban J connectivity index is 1.81. The van der Waals surface area contributed by atoms with Crippen molar-refractivity contribution in [3.05, 3.63) is 50.8 Å². The van der Waals surface area contributed by atoms with Gasteiger partial charge in [0.1, 0.15) is 5.75 Å². The Morgan fingerprint density at radius 3 is 2.75 bits per heavy atom. The Morgan fingerprint density at radius 2 is 2.06 bits per heavy atom. The van der Waals surface area contributed by atoms with Crippen LogP contribution < -0.4 is 30.6 Å². The summed E-state index contributed by atoms with van der Waals surface area (Å²) in [7, 11) is 1.60. The van der Waals surface area contributed by atoms with Gasteiger partial charge in [0.05, 0.1) is 28.8 Å². The summed E-state index contributed by atoms with van der Waals surface area (Å²) in [5.41, 5.74) is 7.43. The van der Waals surface area contributed by atoms with E-state index in [2.05, 4.69) is 26.6 Å². The molecule has 0 aliphatic carbocycles. The van der Waals surface area contributed by atoms with Crippen molar-refractivity contribution in [2.24, 2.45) is 5.73 Å². The van der Waals surface area contributed by atoms with Crippen molar-refractivity contribution < 1.29 is 23.8 Å². The van der Waals surface area contributed by atoms with Crippen LogP contribution >= 0.6 is 27.7 Å². The molecule has 32 heavy (non-hydrogen) atoms. The van der Waals surface area contributed by atoms with E-state index in [1.807, 2.05) is 32.0 Å². The first-order chi connectivity index (χ1) is 15.3. The molecule has 0 radical (unpaired) electrons. The molecule has 2 amide bonds. The molecule has 2 aromatic rings. The van der Waals surface area contributed by atoms with Crippen LogP contribution in [0.1, 0.15) is 18.1 Å². The number of carbonyl (C=O) groups excluding carboxylic acids is 2. The van der Waals surface area contributed by atoms with Gasteiger partial charge in [-0.3, -0.25) is 9.59 Å². The van der Waals surface area contributed by atoms with Crippen molar-refractivity contribution in [1.82, 2.24) is 5.32 Å². The monoisotopic (exact) mass is 521 g/mol. The number of hydrogen-bond acceptors (Lipinski definition) is 7. The van der Waals surface area contributed by atoms with Crippen LogP contribution in [0.15, 0.2) is 39.7 Å². The third-order valence-corrected chi connectivity index (χ3v) is 5.98. The number of carbonyl (C=O) groups is 2. The lowest BCUT2D eigenvalue weighted by molar-refractivity contribution is -0.120. The zero-order valence-electron chi connectivity index (χ0n) is 17.9. The van der Waals surface area contributed by atoms with E-state index in [-0.39, 0.29) is 18.0 Å². The van der Waals surface area contributed by atoms with Gasteiger partial charge >= 0.3 is 0 Å². The quantitative estimate of drug-likeness (QED) is 0.432. The van der Waals surface area contributed by atoms with Crippen molar-refractivity contribution >= 4 is 51.3 Å². The maximum Gasteiger partial charge on any atom is 0.260 e. The summed E-state index contributed by atoms with van der Waals surface area (Å²) in [6, 6.07) is 9.33. The van der Waals surface area contributed by atoms with E-state index in [1.54, 1.807) is 25.3 Å². The van der Waals surface area contributed by atoms with E-state index in [0.717, 1.165) is 16.8 Å². The molecule has 3 rings (SSSR count). The fourth-order valence-corrected chi connectivity index (χ4v) is 4.56. The normalized spacial score (nSPS) is 16.6. The van der Waals surface area contributed by atoms with Gasteiger partial charge in [-0.2, -0.15) is 0 Å². The highest BCUT2D eigenvalue weighted by Gasteiger charge is 2.28. The number of methoxy groups -OCH3 is 1. The topological polar surface area (TPSA) is 112 Å². The van der Waals surface area contributed by atoms with Crippen LogP contribution in [0, 0.1) is 6.92 Å². The van der Waals surface area contributed by atoms with Gasteiger partial charge in [0, 0.05) is 0 Å². The van der Waals surface area contributed by atoms with Crippen molar-refractivity contribution in [2.75, 3.05) is 25.6 Å². The first-order valence-corrected chi connectivity index (χ1v) is 11.5. The van der Waals surface area contributed by atoms with Crippen molar-refractivity contribution in [2.45, 2.75) is 19.3 Å². The highest BCUT2D eigenvalue weighted by Crippen LogP contribution is 2.39. The summed E-state index contributed by atoms with van der Waals surface area (Å²) in [6.07, 6.45) is 1.76. The summed E-state index contributed by atoms with van der Waals surface area (Å²) in [6.45, 7) is 3.96. The van der Waals surface area contributed by atoms with E-state index in [0.29, 0.717) is 33.2 Å². The van der Waals surface area contributed by atoms with Crippen LogP contribution in [-0.2, 0) is 9.59 Å². The molecule has 1 unspecified atom stereocenters. The van der Waals surface area contributed by atoms with Gasteiger partial charge in [-0.05, 0) is 71.2 Å². The molecule has 1 heterocycles. The van der Waals surface area contributed by atoms with Crippen LogP contribution in [-0.4, -0.2) is 37.6 Å². The number of thioether (sulfide) groups is 1. The lowest BCUT2D eigenvalue weighted by atomic mass is 10.2. The third-order valence-electron chi connectivity index (χ3n) is 4.36. The standard InChI is InChI=1S/C22H24BrN3O5S/c1-4-30-17-9-13(8-14(23)20(17)31-11-19(24)27)10-18-21(28)26-22(32-18)25-15-7-12(2)5-6-16(15)29-3/h5-10,22,25H,4,11H2,1-3H3,(H2,24,27)(H,26,28)/b18-10-. The molecule has 0 bridgehead atoms. The second-order valence-electron chi connectivity index (χ2n) is 6.85. The average molecular weight is 522 g/mol. The van der Waals surface area contributed by atoms with Crippen LogP contribution in [0.5, 0.6) is 17.2 Å². The van der Waals surface area contributed by atoms with Gasteiger partial charge in [-0.1, -0.05) is 17.8 Å². The highest BCUT2D eigenvalue weighted by atomic mass is 79.9. The van der Waals surface area contributed by atoms with E-state index in [4.69, 9.17) is 19.9 Å². The first kappa shape index (κ1) is 23.8. The Hall–Kier alpha value is -2.85. The average Bonchev–Trinajstić information content (AvgIpc) is 3.06. The number of benzene rings is 2. The maximum absolute atomic E-state index is 12.6. The van der Waals surface area contributed by atoms with Crippen molar-refractivity contribution in [1.29, 1.82) is 0 Å². The molecule has 1 aliphatic heterocycles. The Morgan fingerprint density at radius 1 is 1.28 bits per heavy atom. The zero-order chi connectivity index (χ0) is 23.3. The molecule has 4 N–H and O–H groups in total. The minimum atomic E-state index is -0.589. The summed E-state index contributed by atoms with van der Waals surface area (Å²) in [5, 5.41) is 6.21. The van der Waals surface area contributed by atoms with E-state index >= 15 is 0 Å². The SMILES string of the molecule is CCOc1cc(/C=C2\SC(Nc3cc(C)ccc3OC)NC2=O)cc(Br)c1OCC(N)=O. The highest BCUT2D eigenvalue weighted by molar-refractivity contribution is 9.10. The minimum absolute atomic E-state index is 0.192. The molecule has 8 nitrogen and oxygen atoms in total. The minimum Gasteiger partial charge on any atom is -0.495 e. The second-order valence-corrected chi connectivity index (χ2v) is 8.85. The molecular formula is C22H24BrN3O5S. The van der Waals surface area contributed by atoms with Gasteiger partial charge in [0.2, 0.25) is 0 Å². The predicted octanol–water partition coefficient (Wildman–Crippen LogP) is 3.63. The number of halogens is 1. The zero-order valence-corrected chi connectivity index (χ0v) is 20.3. The van der Waals surface area contributed by atoms with E-state index in [9.17, 15) is 9.59 Å². The fourth-order valence-electron chi connectivity index (χ4n) is 3.01. The summed E-state index contributed by atoms with van der Waals surface area (Å²) >= 11 is 4.80. The molecule has 1 atom stereocenters. The third kappa shape index (κ3) is 5.89. The number of nitrogens with one attached hydrogen (secondary N) is 2. The van der Waals surface area contributed by atoms with Crippen LogP contribution in [0.2, 0.25) is 0 Å². The predicted molar refractivity (Wildman–Crippen MR) is 129 cm³/mol. The van der Waals surface area contributed by atoms with Gasteiger partial charge in [-0.25, -0.2) is 0 Å². The second kappa shape index (κ2) is 10.6. The largest absolute Gasteiger partial charge is 0.495 e. The maximum atomic E-state index is 12.6. The lowest BCUT2D eigenvalue weighted by Crippen LogP contribution is -2.31. The van der Waals surface area contributed by atoms with Gasteiger partial charge < -0.3 is 30.6 Å². The fraction of sp³-hybridized carbons (Fsp3) is 0.273. The molecule has 1 saturated heterocycles. The first-order valence-electron chi connectivity index (χ1n) is 9.78. The number of primary amides is 1. The van der Waals surface area contributed by atoms with Crippen LogP contribution in [0.3, 0.4) is 0 Å². The number of anilines is 1. The van der Waals surface area contributed by atoms with Gasteiger partial charge in [-0.15, -0.1) is 0 Å². The molecular weight excluding hydrogens is 498 g/mol. The smallest absolute Gasteiger partial charge is 0.260 e. The number of hydrogen-bond donors (Lipinski definition) is 3. The number of ether oxygens (including phenoxy) is 3. The van der Waals surface area contributed by atoms with Gasteiger partial charge in [0.15, 0.2) is 23.6 Å². The number of rotatable bonds is 9. The molecule has 0 saturated carbocycles. The van der Waals surface area contributed by atoms with Crippen LogP contribution in [0.25, 0.3) is 6.08 Å².